The van der Waals surface area contributed by atoms with Gasteiger partial charge < -0.3 is 4.79 Å². The summed E-state index contributed by atoms with van der Waals surface area (Å²) in [6.07, 6.45) is 9.64. The summed E-state index contributed by atoms with van der Waals surface area (Å²) in [4.78, 5) is 21.7. The topological polar surface area (TPSA) is 60.2 Å². The second kappa shape index (κ2) is 11.9. The summed E-state index contributed by atoms with van der Waals surface area (Å²) in [7, 11) is 0. The molecule has 0 heterocycles. The molecule has 0 aromatic carbocycles. The molecule has 118 valence electrons. The molecule has 0 aromatic rings. The molecule has 4 heteroatoms. The zero-order valence-corrected chi connectivity index (χ0v) is 13.3. The summed E-state index contributed by atoms with van der Waals surface area (Å²) in [5.41, 5.74) is 0. The molecule has 0 saturated heterocycles. The fourth-order valence-electron chi connectivity index (χ4n) is 2.76. The fourth-order valence-corrected chi connectivity index (χ4v) is 2.76. The third kappa shape index (κ3) is 9.93. The Hall–Kier alpha value is -0.930. The van der Waals surface area contributed by atoms with Gasteiger partial charge in [0.25, 0.3) is 0 Å². The molecular weight excluding hydrogens is 254 g/mol. The quantitative estimate of drug-likeness (QED) is 0.217. The van der Waals surface area contributed by atoms with Gasteiger partial charge in [-0.3, -0.25) is 10.1 Å². The molecule has 2 atom stereocenters. The van der Waals surface area contributed by atoms with Crippen molar-refractivity contribution in [3.05, 3.63) is 10.1 Å². The second-order valence-corrected chi connectivity index (χ2v) is 6.26. The van der Waals surface area contributed by atoms with E-state index < -0.39 is 0 Å². The maximum atomic E-state index is 11.3. The lowest BCUT2D eigenvalue weighted by molar-refractivity contribution is -0.490. The van der Waals surface area contributed by atoms with Gasteiger partial charge >= 0.3 is 0 Å². The van der Waals surface area contributed by atoms with Crippen LogP contribution in [0.15, 0.2) is 0 Å². The highest BCUT2D eigenvalue weighted by molar-refractivity contribution is 5.54. The van der Waals surface area contributed by atoms with Crippen molar-refractivity contribution in [3.8, 4) is 0 Å². The molecule has 0 bridgehead atoms. The van der Waals surface area contributed by atoms with Crippen molar-refractivity contribution in [2.75, 3.05) is 6.54 Å². The maximum Gasteiger partial charge on any atom is 0.207 e. The number of carbonyl (C=O) groups is 1. The molecule has 0 unspecified atom stereocenters. The molecule has 4 nitrogen and oxygen atoms in total. The molecular formula is C16H31NO3. The Morgan fingerprint density at radius 3 is 2.20 bits per heavy atom. The second-order valence-electron chi connectivity index (χ2n) is 6.26. The first-order chi connectivity index (χ1) is 9.51. The molecule has 0 aromatic heterocycles. The van der Waals surface area contributed by atoms with Crippen molar-refractivity contribution in [1.29, 1.82) is 0 Å². The van der Waals surface area contributed by atoms with Crippen molar-refractivity contribution < 1.29 is 9.72 Å². The van der Waals surface area contributed by atoms with Gasteiger partial charge in [-0.25, -0.2) is 0 Å². The zero-order chi connectivity index (χ0) is 15.4. The third-order valence-corrected chi connectivity index (χ3v) is 3.83. The lowest BCUT2D eigenvalue weighted by atomic mass is 9.83. The Kier molecular flexibility index (Phi) is 11.3. The van der Waals surface area contributed by atoms with Crippen LogP contribution >= 0.6 is 0 Å². The van der Waals surface area contributed by atoms with Crippen molar-refractivity contribution >= 4 is 6.29 Å². The van der Waals surface area contributed by atoms with E-state index in [1.54, 1.807) is 0 Å². The van der Waals surface area contributed by atoms with E-state index in [0.29, 0.717) is 5.92 Å². The Labute approximate surface area is 123 Å². The highest BCUT2D eigenvalue weighted by atomic mass is 16.6. The largest absolute Gasteiger partial charge is 0.303 e. The van der Waals surface area contributed by atoms with Crippen LogP contribution in [0.5, 0.6) is 0 Å². The summed E-state index contributed by atoms with van der Waals surface area (Å²) in [5, 5.41) is 10.7. The van der Waals surface area contributed by atoms with E-state index in [1.165, 1.54) is 25.7 Å². The van der Waals surface area contributed by atoms with Crippen LogP contribution in [-0.2, 0) is 4.79 Å². The van der Waals surface area contributed by atoms with Crippen LogP contribution in [0, 0.1) is 27.9 Å². The lowest BCUT2D eigenvalue weighted by Crippen LogP contribution is -2.25. The average molecular weight is 285 g/mol. The van der Waals surface area contributed by atoms with E-state index in [0.717, 1.165) is 32.0 Å². The van der Waals surface area contributed by atoms with Crippen molar-refractivity contribution in [2.24, 2.45) is 17.8 Å². The van der Waals surface area contributed by atoms with Gasteiger partial charge in [-0.05, 0) is 18.8 Å². The van der Waals surface area contributed by atoms with Gasteiger partial charge in [0.05, 0.1) is 0 Å². The minimum absolute atomic E-state index is 0.0720. The predicted octanol–water partition coefficient (Wildman–Crippen LogP) is 4.49. The van der Waals surface area contributed by atoms with Crippen LogP contribution < -0.4 is 0 Å². The molecule has 0 fully saturated rings. The van der Waals surface area contributed by atoms with Crippen molar-refractivity contribution in [2.45, 2.75) is 72.1 Å². The first-order valence-corrected chi connectivity index (χ1v) is 8.08. The standard InChI is InChI=1S/C16H31NO3/c1-4-5-6-7-8-9-10-15(13-18)16(11-14(2)3)12-17(19)20/h13-16H,4-12H2,1-3H3/t15-,16-/m0/s1. The predicted molar refractivity (Wildman–Crippen MR) is 82.4 cm³/mol. The van der Waals surface area contributed by atoms with Crippen LogP contribution in [0.1, 0.15) is 72.1 Å². The number of nitrogens with zero attached hydrogens (tertiary/aromatic N) is 1. The van der Waals surface area contributed by atoms with E-state index in [4.69, 9.17) is 0 Å². The Bertz CT molecular complexity index is 266. The number of unbranched alkanes of at least 4 members (excludes halogenated alkanes) is 5. The highest BCUT2D eigenvalue weighted by Gasteiger charge is 2.26. The number of rotatable bonds is 13. The zero-order valence-electron chi connectivity index (χ0n) is 13.3. The number of hydrogen-bond donors (Lipinski definition) is 0. The van der Waals surface area contributed by atoms with Gasteiger partial charge in [0, 0.05) is 16.8 Å². The fraction of sp³-hybridized carbons (Fsp3) is 0.938. The van der Waals surface area contributed by atoms with Crippen molar-refractivity contribution in [3.63, 3.8) is 0 Å². The van der Waals surface area contributed by atoms with E-state index in [1.807, 2.05) is 0 Å². The van der Waals surface area contributed by atoms with Crippen LogP contribution in [-0.4, -0.2) is 17.8 Å². The first-order valence-electron chi connectivity index (χ1n) is 8.08. The Balaban J connectivity index is 4.14. The van der Waals surface area contributed by atoms with E-state index in [2.05, 4.69) is 20.8 Å². The average Bonchev–Trinajstić information content (AvgIpc) is 2.36. The van der Waals surface area contributed by atoms with Gasteiger partial charge in [0.1, 0.15) is 6.29 Å². The normalized spacial score (nSPS) is 14.2. The van der Waals surface area contributed by atoms with Crippen LogP contribution in [0.4, 0.5) is 0 Å². The minimum Gasteiger partial charge on any atom is -0.303 e. The molecule has 0 aliphatic rings. The smallest absolute Gasteiger partial charge is 0.207 e. The summed E-state index contributed by atoms with van der Waals surface area (Å²) < 4.78 is 0. The molecule has 0 radical (unpaired) electrons. The maximum absolute atomic E-state index is 11.3. The van der Waals surface area contributed by atoms with Gasteiger partial charge in [0.15, 0.2) is 0 Å². The van der Waals surface area contributed by atoms with Crippen LogP contribution in [0.2, 0.25) is 0 Å². The monoisotopic (exact) mass is 285 g/mol. The molecule has 0 aliphatic carbocycles. The molecule has 0 N–H and O–H groups in total. The summed E-state index contributed by atoms with van der Waals surface area (Å²) in [5.74, 6) is 0.152. The van der Waals surface area contributed by atoms with Gasteiger partial charge in [-0.2, -0.15) is 0 Å². The van der Waals surface area contributed by atoms with Crippen LogP contribution in [0.25, 0.3) is 0 Å². The van der Waals surface area contributed by atoms with Gasteiger partial charge in [0.2, 0.25) is 6.54 Å². The molecule has 0 aliphatic heterocycles. The molecule has 0 saturated carbocycles. The molecule has 0 amide bonds. The summed E-state index contributed by atoms with van der Waals surface area (Å²) >= 11 is 0. The van der Waals surface area contributed by atoms with Crippen LogP contribution in [0.3, 0.4) is 0 Å². The number of hydrogen-bond acceptors (Lipinski definition) is 3. The Morgan fingerprint density at radius 1 is 1.10 bits per heavy atom. The Morgan fingerprint density at radius 2 is 1.70 bits per heavy atom. The summed E-state index contributed by atoms with van der Waals surface area (Å²) in [6, 6.07) is 0. The first kappa shape index (κ1) is 19.1. The van der Waals surface area contributed by atoms with Crippen molar-refractivity contribution in [1.82, 2.24) is 0 Å². The van der Waals surface area contributed by atoms with E-state index in [-0.39, 0.29) is 23.3 Å². The summed E-state index contributed by atoms with van der Waals surface area (Å²) in [6.45, 7) is 6.23. The molecule has 0 rings (SSSR count). The van der Waals surface area contributed by atoms with E-state index >= 15 is 0 Å². The number of carbonyl (C=O) groups excluding carboxylic acids is 1. The van der Waals surface area contributed by atoms with E-state index in [9.17, 15) is 14.9 Å². The molecule has 0 spiro atoms. The minimum atomic E-state index is -0.273. The third-order valence-electron chi connectivity index (χ3n) is 3.83. The SMILES string of the molecule is CCCCCCCC[C@@H](C=O)[C@@H](CC(C)C)C[N+](=O)[O-]. The molecule has 20 heavy (non-hydrogen) atoms. The van der Waals surface area contributed by atoms with Gasteiger partial charge in [-0.15, -0.1) is 0 Å². The van der Waals surface area contributed by atoms with Gasteiger partial charge in [-0.1, -0.05) is 59.3 Å². The highest BCUT2D eigenvalue weighted by Crippen LogP contribution is 2.24. The number of nitro groups is 1. The number of aldehydes is 1. The lowest BCUT2D eigenvalue weighted by Gasteiger charge is -2.21.